The second kappa shape index (κ2) is 6.19. The summed E-state index contributed by atoms with van der Waals surface area (Å²) in [6.45, 7) is 0. The van der Waals surface area contributed by atoms with Crippen LogP contribution in [0.25, 0.3) is 11.3 Å². The monoisotopic (exact) mass is 304 g/mol. The van der Waals surface area contributed by atoms with Gasteiger partial charge < -0.3 is 16.2 Å². The van der Waals surface area contributed by atoms with Gasteiger partial charge in [-0.3, -0.25) is 10.4 Å². The summed E-state index contributed by atoms with van der Waals surface area (Å²) in [4.78, 5) is 4.30. The fraction of sp³-hybridized carbons (Fsp3) is 0. The second-order valence-corrected chi connectivity index (χ2v) is 4.98. The zero-order chi connectivity index (χ0) is 16.2. The quantitative estimate of drug-likeness (QED) is 0.508. The highest BCUT2D eigenvalue weighted by Crippen LogP contribution is 2.28. The summed E-state index contributed by atoms with van der Waals surface area (Å²) in [6, 6.07) is 18.6. The SMILES string of the molecule is N=C(N)c1c(N)ccnc1-c1ccc(Oc2ccccc2)cc1. The van der Waals surface area contributed by atoms with Crippen molar-refractivity contribution in [1.82, 2.24) is 4.98 Å². The van der Waals surface area contributed by atoms with E-state index in [1.54, 1.807) is 12.3 Å². The van der Waals surface area contributed by atoms with Gasteiger partial charge >= 0.3 is 0 Å². The van der Waals surface area contributed by atoms with E-state index >= 15 is 0 Å². The predicted octanol–water partition coefficient (Wildman–Crippen LogP) is 3.41. The third kappa shape index (κ3) is 3.13. The summed E-state index contributed by atoms with van der Waals surface area (Å²) in [7, 11) is 0. The molecule has 5 N–H and O–H groups in total. The molecule has 0 fully saturated rings. The molecule has 0 radical (unpaired) electrons. The highest BCUT2D eigenvalue weighted by Gasteiger charge is 2.12. The first kappa shape index (κ1) is 14.6. The van der Waals surface area contributed by atoms with Crippen LogP contribution in [0.1, 0.15) is 5.56 Å². The van der Waals surface area contributed by atoms with Gasteiger partial charge in [-0.25, -0.2) is 0 Å². The zero-order valence-electron chi connectivity index (χ0n) is 12.4. The molecule has 0 bridgehead atoms. The number of amidine groups is 1. The van der Waals surface area contributed by atoms with Gasteiger partial charge in [0.2, 0.25) is 0 Å². The normalized spacial score (nSPS) is 10.3. The highest BCUT2D eigenvalue weighted by atomic mass is 16.5. The number of pyridine rings is 1. The lowest BCUT2D eigenvalue weighted by Crippen LogP contribution is -2.15. The molecule has 0 saturated carbocycles. The minimum atomic E-state index is -0.102. The van der Waals surface area contributed by atoms with E-state index in [-0.39, 0.29) is 5.84 Å². The Morgan fingerprint density at radius 3 is 2.22 bits per heavy atom. The molecule has 0 aliphatic heterocycles. The number of rotatable bonds is 4. The molecule has 3 rings (SSSR count). The van der Waals surface area contributed by atoms with E-state index in [2.05, 4.69) is 4.98 Å². The van der Waals surface area contributed by atoms with Crippen LogP contribution in [0.2, 0.25) is 0 Å². The van der Waals surface area contributed by atoms with Gasteiger partial charge in [-0.2, -0.15) is 0 Å². The van der Waals surface area contributed by atoms with Gasteiger partial charge in [0.25, 0.3) is 0 Å². The molecule has 23 heavy (non-hydrogen) atoms. The number of nitrogens with zero attached hydrogens (tertiary/aromatic N) is 1. The molecule has 5 heteroatoms. The van der Waals surface area contributed by atoms with Crippen molar-refractivity contribution in [3.8, 4) is 22.8 Å². The van der Waals surface area contributed by atoms with Crippen LogP contribution in [0.5, 0.6) is 11.5 Å². The van der Waals surface area contributed by atoms with Gasteiger partial charge in [0.05, 0.1) is 11.3 Å². The van der Waals surface area contributed by atoms with Crippen LogP contribution >= 0.6 is 0 Å². The van der Waals surface area contributed by atoms with Crippen LogP contribution < -0.4 is 16.2 Å². The van der Waals surface area contributed by atoms with Gasteiger partial charge in [0, 0.05) is 17.4 Å². The summed E-state index contributed by atoms with van der Waals surface area (Å²) in [5, 5.41) is 7.69. The summed E-state index contributed by atoms with van der Waals surface area (Å²) < 4.78 is 5.76. The average molecular weight is 304 g/mol. The van der Waals surface area contributed by atoms with Gasteiger partial charge in [-0.15, -0.1) is 0 Å². The fourth-order valence-electron chi connectivity index (χ4n) is 2.28. The molecule has 2 aromatic carbocycles. The van der Waals surface area contributed by atoms with E-state index in [0.29, 0.717) is 22.7 Å². The Morgan fingerprint density at radius 1 is 0.913 bits per heavy atom. The van der Waals surface area contributed by atoms with Crippen LogP contribution in [0.4, 0.5) is 5.69 Å². The van der Waals surface area contributed by atoms with Crippen molar-refractivity contribution in [2.75, 3.05) is 5.73 Å². The van der Waals surface area contributed by atoms with Crippen LogP contribution in [-0.4, -0.2) is 10.8 Å². The number of anilines is 1. The Morgan fingerprint density at radius 2 is 1.57 bits per heavy atom. The number of para-hydroxylation sites is 1. The fourth-order valence-corrected chi connectivity index (χ4v) is 2.28. The van der Waals surface area contributed by atoms with E-state index in [0.717, 1.165) is 11.3 Å². The number of benzene rings is 2. The number of nitrogen functional groups attached to an aromatic ring is 2. The molecular formula is C18H16N4O. The molecule has 3 aromatic rings. The Labute approximate surface area is 134 Å². The van der Waals surface area contributed by atoms with E-state index in [1.165, 1.54) is 0 Å². The van der Waals surface area contributed by atoms with E-state index in [4.69, 9.17) is 21.6 Å². The molecule has 0 aliphatic rings. The third-order valence-corrected chi connectivity index (χ3v) is 3.36. The molecule has 114 valence electrons. The van der Waals surface area contributed by atoms with E-state index < -0.39 is 0 Å². The summed E-state index contributed by atoms with van der Waals surface area (Å²) in [5.74, 6) is 1.38. The Bertz CT molecular complexity index is 829. The largest absolute Gasteiger partial charge is 0.457 e. The van der Waals surface area contributed by atoms with Gasteiger partial charge in [-0.05, 0) is 42.5 Å². The number of ether oxygens (including phenoxy) is 1. The number of hydrogen-bond donors (Lipinski definition) is 3. The van der Waals surface area contributed by atoms with Crippen molar-refractivity contribution in [1.29, 1.82) is 5.41 Å². The van der Waals surface area contributed by atoms with Crippen LogP contribution in [0, 0.1) is 5.41 Å². The van der Waals surface area contributed by atoms with Gasteiger partial charge in [-0.1, -0.05) is 18.2 Å². The van der Waals surface area contributed by atoms with Crippen molar-refractivity contribution < 1.29 is 4.74 Å². The lowest BCUT2D eigenvalue weighted by Gasteiger charge is -2.11. The Kier molecular flexibility index (Phi) is 3.93. The van der Waals surface area contributed by atoms with Crippen LogP contribution in [0.3, 0.4) is 0 Å². The van der Waals surface area contributed by atoms with E-state index in [9.17, 15) is 0 Å². The minimum Gasteiger partial charge on any atom is -0.457 e. The lowest BCUT2D eigenvalue weighted by molar-refractivity contribution is 0.483. The minimum absolute atomic E-state index is 0.102. The maximum absolute atomic E-state index is 7.69. The average Bonchev–Trinajstić information content (AvgIpc) is 2.56. The molecule has 1 aromatic heterocycles. The smallest absolute Gasteiger partial charge is 0.127 e. The topological polar surface area (TPSA) is 98.0 Å². The highest BCUT2D eigenvalue weighted by molar-refractivity contribution is 6.05. The first-order chi connectivity index (χ1) is 11.1. The molecule has 5 nitrogen and oxygen atoms in total. The number of hydrogen-bond acceptors (Lipinski definition) is 4. The molecule has 0 aliphatic carbocycles. The van der Waals surface area contributed by atoms with Gasteiger partial charge in [0.15, 0.2) is 0 Å². The second-order valence-electron chi connectivity index (χ2n) is 4.98. The predicted molar refractivity (Wildman–Crippen MR) is 91.6 cm³/mol. The summed E-state index contributed by atoms with van der Waals surface area (Å²) in [6.07, 6.45) is 1.60. The summed E-state index contributed by atoms with van der Waals surface area (Å²) >= 11 is 0. The molecule has 0 saturated heterocycles. The summed E-state index contributed by atoms with van der Waals surface area (Å²) in [5.41, 5.74) is 13.8. The van der Waals surface area contributed by atoms with Crippen molar-refractivity contribution >= 4 is 11.5 Å². The molecule has 0 spiro atoms. The molecule has 1 heterocycles. The van der Waals surface area contributed by atoms with E-state index in [1.807, 2.05) is 54.6 Å². The first-order valence-electron chi connectivity index (χ1n) is 7.07. The number of aromatic nitrogens is 1. The maximum atomic E-state index is 7.69. The standard InChI is InChI=1S/C18H16N4O/c19-15-10-11-22-17(16(15)18(20)21)12-6-8-14(9-7-12)23-13-4-2-1-3-5-13/h1-11H,(H2,19,22)(H3,20,21). The van der Waals surface area contributed by atoms with Crippen molar-refractivity contribution in [3.05, 3.63) is 72.4 Å². The molecule has 0 unspecified atom stereocenters. The van der Waals surface area contributed by atoms with Crippen molar-refractivity contribution in [2.45, 2.75) is 0 Å². The van der Waals surface area contributed by atoms with Crippen LogP contribution in [0.15, 0.2) is 66.9 Å². The number of nitrogens with two attached hydrogens (primary N) is 2. The number of nitrogens with one attached hydrogen (secondary N) is 1. The molecular weight excluding hydrogens is 288 g/mol. The zero-order valence-corrected chi connectivity index (χ0v) is 12.4. The lowest BCUT2D eigenvalue weighted by atomic mass is 10.0. The Balaban J connectivity index is 1.91. The Hall–Kier alpha value is -3.34. The van der Waals surface area contributed by atoms with Gasteiger partial charge in [0.1, 0.15) is 17.3 Å². The third-order valence-electron chi connectivity index (χ3n) is 3.36. The van der Waals surface area contributed by atoms with Crippen molar-refractivity contribution in [3.63, 3.8) is 0 Å². The maximum Gasteiger partial charge on any atom is 0.127 e. The first-order valence-corrected chi connectivity index (χ1v) is 7.07. The molecule has 0 amide bonds. The van der Waals surface area contributed by atoms with Crippen molar-refractivity contribution in [2.24, 2.45) is 5.73 Å². The molecule has 0 atom stereocenters. The van der Waals surface area contributed by atoms with Crippen LogP contribution in [-0.2, 0) is 0 Å².